The van der Waals surface area contributed by atoms with E-state index in [1.807, 2.05) is 0 Å². The minimum absolute atomic E-state index is 0.776. The van der Waals surface area contributed by atoms with Crippen molar-refractivity contribution in [1.29, 1.82) is 0 Å². The first kappa shape index (κ1) is 17.3. The molecule has 2 unspecified atom stereocenters. The molecule has 0 radical (unpaired) electrons. The lowest BCUT2D eigenvalue weighted by Crippen LogP contribution is -2.58. The first-order chi connectivity index (χ1) is 10.2. The monoisotopic (exact) mass is 294 g/mol. The van der Waals surface area contributed by atoms with Crippen LogP contribution < -0.4 is 5.32 Å². The fraction of sp³-hybridized carbons (Fsp3) is 1.00. The molecule has 2 aliphatic rings. The number of rotatable bonds is 7. The molecule has 124 valence electrons. The van der Waals surface area contributed by atoms with Crippen molar-refractivity contribution in [2.24, 2.45) is 11.8 Å². The summed E-state index contributed by atoms with van der Waals surface area (Å²) in [6.07, 6.45) is 12.8. The van der Waals surface area contributed by atoms with Crippen molar-refractivity contribution in [3.8, 4) is 0 Å². The van der Waals surface area contributed by atoms with Crippen molar-refractivity contribution in [1.82, 2.24) is 10.2 Å². The molecule has 1 saturated carbocycles. The maximum Gasteiger partial charge on any atom is 0.0224 e. The fourth-order valence-corrected chi connectivity index (χ4v) is 4.28. The lowest BCUT2D eigenvalue weighted by molar-refractivity contribution is 0.0916. The van der Waals surface area contributed by atoms with Crippen LogP contribution in [0.25, 0.3) is 0 Å². The molecule has 2 heteroatoms. The minimum Gasteiger partial charge on any atom is -0.311 e. The van der Waals surface area contributed by atoms with Crippen LogP contribution in [0.15, 0.2) is 0 Å². The van der Waals surface area contributed by atoms with Gasteiger partial charge in [-0.3, -0.25) is 4.90 Å². The highest BCUT2D eigenvalue weighted by atomic mass is 15.2. The Kier molecular flexibility index (Phi) is 7.53. The van der Waals surface area contributed by atoms with Crippen LogP contribution in [-0.4, -0.2) is 36.6 Å². The van der Waals surface area contributed by atoms with Crippen LogP contribution in [0.4, 0.5) is 0 Å². The van der Waals surface area contributed by atoms with E-state index in [0.717, 1.165) is 23.9 Å². The molecule has 0 bridgehead atoms. The van der Waals surface area contributed by atoms with Gasteiger partial charge in [0, 0.05) is 25.2 Å². The lowest BCUT2D eigenvalue weighted by Gasteiger charge is -2.44. The second-order valence-electron chi connectivity index (χ2n) is 7.86. The van der Waals surface area contributed by atoms with E-state index in [1.165, 1.54) is 77.4 Å². The molecule has 2 atom stereocenters. The van der Waals surface area contributed by atoms with E-state index in [4.69, 9.17) is 0 Å². The summed E-state index contributed by atoms with van der Waals surface area (Å²) in [4.78, 5) is 2.82. The molecule has 0 aromatic carbocycles. The Bertz CT molecular complexity index is 271. The molecular weight excluding hydrogens is 256 g/mol. The molecule has 1 aliphatic carbocycles. The summed E-state index contributed by atoms with van der Waals surface area (Å²) in [5.74, 6) is 1.82. The molecule has 0 aromatic heterocycles. The molecular formula is C19H38N2. The number of nitrogens with one attached hydrogen (secondary N) is 1. The number of unbranched alkanes of at least 4 members (excludes halogenated alkanes) is 1. The highest BCUT2D eigenvalue weighted by Gasteiger charge is 2.31. The van der Waals surface area contributed by atoms with Crippen molar-refractivity contribution < 1.29 is 0 Å². The molecule has 1 saturated heterocycles. The quantitative estimate of drug-likeness (QED) is 0.698. The molecule has 0 aromatic rings. The summed E-state index contributed by atoms with van der Waals surface area (Å²) in [6, 6.07) is 1.56. The number of hydrogen-bond acceptors (Lipinski definition) is 2. The van der Waals surface area contributed by atoms with Gasteiger partial charge >= 0.3 is 0 Å². The van der Waals surface area contributed by atoms with Crippen molar-refractivity contribution in [2.45, 2.75) is 90.6 Å². The third kappa shape index (κ3) is 5.56. The van der Waals surface area contributed by atoms with Crippen LogP contribution in [0.5, 0.6) is 0 Å². The van der Waals surface area contributed by atoms with Crippen LogP contribution in [0.3, 0.4) is 0 Å². The summed E-state index contributed by atoms with van der Waals surface area (Å²) in [5.41, 5.74) is 0. The van der Waals surface area contributed by atoms with Crippen LogP contribution in [-0.2, 0) is 0 Å². The van der Waals surface area contributed by atoms with Gasteiger partial charge in [-0.15, -0.1) is 0 Å². The van der Waals surface area contributed by atoms with Gasteiger partial charge in [-0.25, -0.2) is 0 Å². The second kappa shape index (κ2) is 9.15. The molecule has 1 heterocycles. The third-order valence-electron chi connectivity index (χ3n) is 5.73. The average Bonchev–Trinajstić information content (AvgIpc) is 2.52. The van der Waals surface area contributed by atoms with Crippen LogP contribution in [0.1, 0.15) is 78.6 Å². The van der Waals surface area contributed by atoms with Crippen molar-refractivity contribution >= 4 is 0 Å². The van der Waals surface area contributed by atoms with Gasteiger partial charge in [-0.2, -0.15) is 0 Å². The highest BCUT2D eigenvalue weighted by molar-refractivity contribution is 4.90. The van der Waals surface area contributed by atoms with E-state index in [2.05, 4.69) is 31.0 Å². The Labute approximate surface area is 133 Å². The number of piperazine rings is 1. The third-order valence-corrected chi connectivity index (χ3v) is 5.73. The summed E-state index contributed by atoms with van der Waals surface area (Å²) in [5, 5.41) is 3.89. The van der Waals surface area contributed by atoms with Gasteiger partial charge in [0.1, 0.15) is 0 Å². The largest absolute Gasteiger partial charge is 0.311 e. The smallest absolute Gasteiger partial charge is 0.0224 e. The lowest BCUT2D eigenvalue weighted by atomic mass is 9.82. The van der Waals surface area contributed by atoms with E-state index in [-0.39, 0.29) is 0 Å². The Morgan fingerprint density at radius 3 is 2.52 bits per heavy atom. The molecule has 1 aliphatic heterocycles. The van der Waals surface area contributed by atoms with E-state index in [0.29, 0.717) is 0 Å². The first-order valence-electron chi connectivity index (χ1n) is 9.68. The van der Waals surface area contributed by atoms with Crippen LogP contribution >= 0.6 is 0 Å². The van der Waals surface area contributed by atoms with E-state index in [9.17, 15) is 0 Å². The maximum atomic E-state index is 3.89. The molecule has 2 fully saturated rings. The van der Waals surface area contributed by atoms with Gasteiger partial charge in [-0.1, -0.05) is 52.9 Å². The maximum absolute atomic E-state index is 3.89. The minimum atomic E-state index is 0.776. The van der Waals surface area contributed by atoms with E-state index in [1.54, 1.807) is 0 Å². The number of hydrogen-bond donors (Lipinski definition) is 1. The van der Waals surface area contributed by atoms with Gasteiger partial charge in [0.2, 0.25) is 0 Å². The van der Waals surface area contributed by atoms with E-state index < -0.39 is 0 Å². The van der Waals surface area contributed by atoms with Gasteiger partial charge < -0.3 is 5.32 Å². The Morgan fingerprint density at radius 2 is 1.86 bits per heavy atom. The summed E-state index contributed by atoms with van der Waals surface area (Å²) in [7, 11) is 0. The normalized spacial score (nSPS) is 29.1. The molecule has 1 N–H and O–H groups in total. The van der Waals surface area contributed by atoms with Crippen LogP contribution in [0, 0.1) is 11.8 Å². The van der Waals surface area contributed by atoms with Crippen molar-refractivity contribution in [2.75, 3.05) is 19.6 Å². The molecule has 2 nitrogen and oxygen atoms in total. The van der Waals surface area contributed by atoms with Crippen LogP contribution in [0.2, 0.25) is 0 Å². The van der Waals surface area contributed by atoms with Crippen molar-refractivity contribution in [3.05, 3.63) is 0 Å². The summed E-state index contributed by atoms with van der Waals surface area (Å²) < 4.78 is 0. The molecule has 0 spiro atoms. The highest BCUT2D eigenvalue weighted by Crippen LogP contribution is 2.28. The predicted octanol–water partition coefficient (Wildman–Crippen LogP) is 4.45. The Hall–Kier alpha value is -0.0800. The topological polar surface area (TPSA) is 15.3 Å². The Morgan fingerprint density at radius 1 is 1.10 bits per heavy atom. The number of nitrogens with zero attached hydrogens (tertiary/aromatic N) is 1. The molecule has 2 rings (SSSR count). The standard InChI is InChI=1S/C19H38N2/c1-4-18-14-20-19(17-11-6-5-7-12-17)15-21(18)13-9-8-10-16(2)3/h16-20H,4-15H2,1-3H3. The van der Waals surface area contributed by atoms with Gasteiger partial charge in [0.15, 0.2) is 0 Å². The second-order valence-corrected chi connectivity index (χ2v) is 7.86. The molecule has 0 amide bonds. The average molecular weight is 295 g/mol. The van der Waals surface area contributed by atoms with Gasteiger partial charge in [0.25, 0.3) is 0 Å². The Balaban J connectivity index is 1.77. The fourth-order valence-electron chi connectivity index (χ4n) is 4.28. The zero-order valence-corrected chi connectivity index (χ0v) is 14.7. The summed E-state index contributed by atoms with van der Waals surface area (Å²) in [6.45, 7) is 10.9. The first-order valence-corrected chi connectivity index (χ1v) is 9.68. The predicted molar refractivity (Wildman–Crippen MR) is 92.7 cm³/mol. The SMILES string of the molecule is CCC1CNC(C2CCCCC2)CN1CCCCC(C)C. The molecule has 21 heavy (non-hydrogen) atoms. The van der Waals surface area contributed by atoms with Gasteiger partial charge in [-0.05, 0) is 44.1 Å². The van der Waals surface area contributed by atoms with Gasteiger partial charge in [0.05, 0.1) is 0 Å². The zero-order valence-electron chi connectivity index (χ0n) is 14.7. The zero-order chi connectivity index (χ0) is 15.1. The van der Waals surface area contributed by atoms with E-state index >= 15 is 0 Å². The summed E-state index contributed by atoms with van der Waals surface area (Å²) >= 11 is 0. The van der Waals surface area contributed by atoms with Crippen molar-refractivity contribution in [3.63, 3.8) is 0 Å².